The Morgan fingerprint density at radius 3 is 2.76 bits per heavy atom. The molecule has 0 atom stereocenters. The number of hydrogen-bond donors (Lipinski definition) is 2. The molecule has 1 aromatic carbocycles. The molecular weight excluding hydrogens is 242 g/mol. The molecule has 0 aliphatic heterocycles. The summed E-state index contributed by atoms with van der Waals surface area (Å²) in [5.41, 5.74) is 1.46. The van der Waals surface area contributed by atoms with Crippen LogP contribution < -0.4 is 5.32 Å². The van der Waals surface area contributed by atoms with Gasteiger partial charge in [-0.15, -0.1) is 0 Å². The summed E-state index contributed by atoms with van der Waals surface area (Å²) in [4.78, 5) is 11.8. The Kier molecular flexibility index (Phi) is 3.06. The maximum absolute atomic E-state index is 11.8. The van der Waals surface area contributed by atoms with E-state index in [9.17, 15) is 9.90 Å². The van der Waals surface area contributed by atoms with Crippen LogP contribution in [-0.2, 0) is 0 Å². The van der Waals surface area contributed by atoms with Crippen LogP contribution in [0.5, 0.6) is 5.75 Å². The number of nitrogens with one attached hydrogen (secondary N) is 1. The third kappa shape index (κ3) is 2.42. The van der Waals surface area contributed by atoms with Crippen molar-refractivity contribution in [3.8, 4) is 5.75 Å². The van der Waals surface area contributed by atoms with Crippen molar-refractivity contribution in [2.24, 2.45) is 0 Å². The van der Waals surface area contributed by atoms with Crippen molar-refractivity contribution >= 4 is 23.2 Å². The molecule has 2 N–H and O–H groups in total. The van der Waals surface area contributed by atoms with Gasteiger partial charge in [0.15, 0.2) is 0 Å². The Morgan fingerprint density at radius 2 is 2.18 bits per heavy atom. The van der Waals surface area contributed by atoms with Crippen LogP contribution in [0.2, 0.25) is 5.22 Å². The second-order valence-electron chi connectivity index (χ2n) is 3.58. The highest BCUT2D eigenvalue weighted by atomic mass is 35.5. The van der Waals surface area contributed by atoms with Crippen LogP contribution in [0.4, 0.5) is 5.69 Å². The van der Waals surface area contributed by atoms with Crippen LogP contribution in [0.25, 0.3) is 0 Å². The van der Waals surface area contributed by atoms with Crippen molar-refractivity contribution in [3.05, 3.63) is 46.9 Å². The quantitative estimate of drug-likeness (QED) is 0.806. The number of phenolic OH excluding ortho intramolecular Hbond substituents is 1. The Bertz CT molecular complexity index is 563. The first-order valence-electron chi connectivity index (χ1n) is 4.92. The van der Waals surface area contributed by atoms with Gasteiger partial charge in [0.1, 0.15) is 5.75 Å². The van der Waals surface area contributed by atoms with E-state index in [1.54, 1.807) is 18.2 Å². The van der Waals surface area contributed by atoms with Gasteiger partial charge >= 0.3 is 0 Å². The number of furan rings is 1. The molecule has 0 aliphatic carbocycles. The lowest BCUT2D eigenvalue weighted by molar-refractivity contribution is 0.102. The number of aromatic hydroxyl groups is 1. The van der Waals surface area contributed by atoms with Gasteiger partial charge in [0.2, 0.25) is 5.22 Å². The number of hydrogen-bond acceptors (Lipinski definition) is 3. The lowest BCUT2D eigenvalue weighted by Crippen LogP contribution is -2.11. The predicted molar refractivity (Wildman–Crippen MR) is 64.5 cm³/mol. The fourth-order valence-electron chi connectivity index (χ4n) is 1.39. The summed E-state index contributed by atoms with van der Waals surface area (Å²) in [5, 5.41) is 12.2. The Morgan fingerprint density at radius 1 is 1.41 bits per heavy atom. The Hall–Kier alpha value is -1.94. The molecule has 17 heavy (non-hydrogen) atoms. The van der Waals surface area contributed by atoms with Gasteiger partial charge in [0.05, 0.1) is 17.5 Å². The fraction of sp³-hybridized carbons (Fsp3) is 0.0833. The van der Waals surface area contributed by atoms with Crippen molar-refractivity contribution in [2.45, 2.75) is 6.92 Å². The van der Waals surface area contributed by atoms with Gasteiger partial charge in [0, 0.05) is 0 Å². The van der Waals surface area contributed by atoms with Crippen LogP contribution in [0.3, 0.4) is 0 Å². The molecule has 2 aromatic rings. The zero-order chi connectivity index (χ0) is 12.4. The van der Waals surface area contributed by atoms with E-state index in [0.29, 0.717) is 5.69 Å². The maximum atomic E-state index is 11.8. The monoisotopic (exact) mass is 251 g/mol. The number of amides is 1. The van der Waals surface area contributed by atoms with Crippen molar-refractivity contribution < 1.29 is 14.3 Å². The summed E-state index contributed by atoms with van der Waals surface area (Å²) >= 11 is 5.68. The smallest absolute Gasteiger partial charge is 0.260 e. The van der Waals surface area contributed by atoms with Crippen LogP contribution in [0.1, 0.15) is 15.9 Å². The molecule has 88 valence electrons. The van der Waals surface area contributed by atoms with Gasteiger partial charge in [0.25, 0.3) is 5.91 Å². The lowest BCUT2D eigenvalue weighted by Gasteiger charge is -2.06. The summed E-state index contributed by atoms with van der Waals surface area (Å²) in [7, 11) is 0. The van der Waals surface area contributed by atoms with Crippen molar-refractivity contribution in [1.82, 2.24) is 0 Å². The molecule has 1 heterocycles. The molecule has 0 saturated carbocycles. The van der Waals surface area contributed by atoms with Crippen LogP contribution >= 0.6 is 11.6 Å². The molecule has 1 aromatic heterocycles. The topological polar surface area (TPSA) is 62.5 Å². The molecule has 0 fully saturated rings. The molecule has 0 aliphatic rings. The van der Waals surface area contributed by atoms with Gasteiger partial charge in [-0.1, -0.05) is 6.07 Å². The average molecular weight is 252 g/mol. The number of carbonyl (C=O) groups excluding carboxylic acids is 1. The number of halogens is 1. The number of benzene rings is 1. The summed E-state index contributed by atoms with van der Waals surface area (Å²) in [6.45, 7) is 1.85. The molecule has 0 spiro atoms. The number of rotatable bonds is 2. The number of phenols is 1. The van der Waals surface area contributed by atoms with E-state index in [1.807, 2.05) is 6.92 Å². The van der Waals surface area contributed by atoms with Gasteiger partial charge < -0.3 is 14.8 Å². The molecule has 0 saturated heterocycles. The van der Waals surface area contributed by atoms with Gasteiger partial charge in [-0.2, -0.15) is 0 Å². The second kappa shape index (κ2) is 4.51. The molecule has 2 rings (SSSR count). The molecule has 1 amide bonds. The minimum atomic E-state index is -0.428. The summed E-state index contributed by atoms with van der Waals surface area (Å²) in [5.74, 6) is -0.416. The lowest BCUT2D eigenvalue weighted by atomic mass is 10.2. The zero-order valence-corrected chi connectivity index (χ0v) is 9.78. The molecule has 0 bridgehead atoms. The maximum Gasteiger partial charge on any atom is 0.260 e. The number of aryl methyl sites for hydroxylation is 1. The second-order valence-corrected chi connectivity index (χ2v) is 3.93. The van der Waals surface area contributed by atoms with E-state index in [0.717, 1.165) is 5.56 Å². The number of anilines is 1. The molecular formula is C12H10ClNO3. The number of carbonyl (C=O) groups is 1. The third-order valence-corrected chi connectivity index (χ3v) is 2.56. The Balaban J connectivity index is 2.22. The average Bonchev–Trinajstić information content (AvgIpc) is 2.68. The Labute approximate surface area is 103 Å². The van der Waals surface area contributed by atoms with Crippen molar-refractivity contribution in [1.29, 1.82) is 0 Å². The standard InChI is InChI=1S/C12H10ClNO3/c1-7-2-3-9(10(15)6-7)14-12(16)8-4-5-17-11(8)13/h2-6,15H,1H3,(H,14,16). The SMILES string of the molecule is Cc1ccc(NC(=O)c2ccoc2Cl)c(O)c1. The van der Waals surface area contributed by atoms with E-state index in [4.69, 9.17) is 16.0 Å². The third-order valence-electron chi connectivity index (χ3n) is 2.26. The van der Waals surface area contributed by atoms with Crippen LogP contribution in [0.15, 0.2) is 34.9 Å². The first kappa shape index (κ1) is 11.5. The van der Waals surface area contributed by atoms with Crippen molar-refractivity contribution in [3.63, 3.8) is 0 Å². The van der Waals surface area contributed by atoms with Gasteiger partial charge in [-0.25, -0.2) is 0 Å². The normalized spacial score (nSPS) is 10.2. The van der Waals surface area contributed by atoms with E-state index >= 15 is 0 Å². The predicted octanol–water partition coefficient (Wildman–Crippen LogP) is 3.20. The highest BCUT2D eigenvalue weighted by molar-refractivity contribution is 6.32. The van der Waals surface area contributed by atoms with E-state index in [-0.39, 0.29) is 16.5 Å². The first-order chi connectivity index (χ1) is 8.08. The molecule has 0 unspecified atom stereocenters. The molecule has 0 radical (unpaired) electrons. The first-order valence-corrected chi connectivity index (χ1v) is 5.29. The zero-order valence-electron chi connectivity index (χ0n) is 9.03. The highest BCUT2D eigenvalue weighted by Crippen LogP contribution is 2.25. The van der Waals surface area contributed by atoms with E-state index in [2.05, 4.69) is 5.32 Å². The van der Waals surface area contributed by atoms with Gasteiger partial charge in [-0.05, 0) is 42.3 Å². The minimum Gasteiger partial charge on any atom is -0.506 e. The minimum absolute atomic E-state index is 0.0120. The van der Waals surface area contributed by atoms with Crippen molar-refractivity contribution in [2.75, 3.05) is 5.32 Å². The summed E-state index contributed by atoms with van der Waals surface area (Å²) in [6, 6.07) is 6.43. The molecule has 4 nitrogen and oxygen atoms in total. The summed E-state index contributed by atoms with van der Waals surface area (Å²) in [6.07, 6.45) is 1.33. The van der Waals surface area contributed by atoms with E-state index < -0.39 is 5.91 Å². The largest absolute Gasteiger partial charge is 0.506 e. The highest BCUT2D eigenvalue weighted by Gasteiger charge is 2.14. The van der Waals surface area contributed by atoms with Gasteiger partial charge in [-0.3, -0.25) is 4.79 Å². The van der Waals surface area contributed by atoms with Crippen LogP contribution in [-0.4, -0.2) is 11.0 Å². The summed E-state index contributed by atoms with van der Waals surface area (Å²) < 4.78 is 4.81. The fourth-order valence-corrected chi connectivity index (χ4v) is 1.59. The van der Waals surface area contributed by atoms with E-state index in [1.165, 1.54) is 12.3 Å². The molecule has 5 heteroatoms. The van der Waals surface area contributed by atoms with Crippen LogP contribution in [0, 0.1) is 6.92 Å².